The van der Waals surface area contributed by atoms with Crippen LogP contribution in [-0.2, 0) is 23.9 Å². The number of carboxylic acid groups (broad SMARTS) is 1. The Hall–Kier alpha value is -4.53. The van der Waals surface area contributed by atoms with E-state index >= 15 is 0 Å². The number of nitrogens with one attached hydrogen (secondary N) is 2. The van der Waals surface area contributed by atoms with Crippen molar-refractivity contribution in [3.63, 3.8) is 0 Å². The summed E-state index contributed by atoms with van der Waals surface area (Å²) in [4.78, 5) is 44.0. The summed E-state index contributed by atoms with van der Waals surface area (Å²) in [7, 11) is 0. The number of rotatable bonds is 6. The maximum absolute atomic E-state index is 13.6. The van der Waals surface area contributed by atoms with Crippen molar-refractivity contribution in [2.45, 2.75) is 26.1 Å². The smallest absolute Gasteiger partial charge is 0.434 e. The number of alkyl halides is 3. The van der Waals surface area contributed by atoms with Crippen LogP contribution >= 0.6 is 0 Å². The van der Waals surface area contributed by atoms with Crippen LogP contribution in [-0.4, -0.2) is 76.4 Å². The molecule has 2 amide bonds. The molecule has 2 aliphatic rings. The lowest BCUT2D eigenvalue weighted by atomic mass is 10.0. The van der Waals surface area contributed by atoms with E-state index in [0.717, 1.165) is 11.4 Å². The topological polar surface area (TPSA) is 146 Å². The molecule has 0 saturated carbocycles. The number of amides is 2. The number of urea groups is 1. The van der Waals surface area contributed by atoms with Gasteiger partial charge in [0.05, 0.1) is 25.5 Å². The van der Waals surface area contributed by atoms with Gasteiger partial charge in [-0.1, -0.05) is 0 Å². The second-order valence-corrected chi connectivity index (χ2v) is 9.36. The third-order valence-electron chi connectivity index (χ3n) is 6.65. The van der Waals surface area contributed by atoms with Gasteiger partial charge in [-0.2, -0.15) is 13.2 Å². The number of ether oxygens (including phenoxy) is 1. The van der Waals surface area contributed by atoms with Gasteiger partial charge in [0, 0.05) is 49.2 Å². The van der Waals surface area contributed by atoms with Gasteiger partial charge in [0.1, 0.15) is 11.4 Å². The molecule has 0 spiro atoms. The lowest BCUT2D eigenvalue weighted by Gasteiger charge is -2.34. The van der Waals surface area contributed by atoms with Crippen LogP contribution in [0.3, 0.4) is 0 Å². The quantitative estimate of drug-likeness (QED) is 0.403. The van der Waals surface area contributed by atoms with Crippen LogP contribution in [0.1, 0.15) is 34.2 Å². The summed E-state index contributed by atoms with van der Waals surface area (Å²) in [5.74, 6) is -0.847. The summed E-state index contributed by atoms with van der Waals surface area (Å²) in [6.07, 6.45) is -3.86. The Bertz CT molecular complexity index is 1450. The molecule has 41 heavy (non-hydrogen) atoms. The Balaban J connectivity index is 1.49. The molecular formula is C26H27F3N8O4. The Morgan fingerprint density at radius 1 is 1.05 bits per heavy atom. The number of halogens is 3. The van der Waals surface area contributed by atoms with Crippen molar-refractivity contribution in [2.24, 2.45) is 0 Å². The molecule has 0 unspecified atom stereocenters. The van der Waals surface area contributed by atoms with E-state index in [1.807, 2.05) is 6.92 Å². The van der Waals surface area contributed by atoms with Crippen LogP contribution in [0.25, 0.3) is 11.4 Å². The first kappa shape index (κ1) is 28.0. The molecular weight excluding hydrogens is 545 g/mol. The van der Waals surface area contributed by atoms with Crippen molar-refractivity contribution in [2.75, 3.05) is 54.5 Å². The Morgan fingerprint density at radius 2 is 1.78 bits per heavy atom. The highest BCUT2D eigenvalue weighted by atomic mass is 19.4. The highest BCUT2D eigenvalue weighted by molar-refractivity contribution is 5.89. The summed E-state index contributed by atoms with van der Waals surface area (Å²) in [6, 6.07) is 6.68. The first-order valence-corrected chi connectivity index (χ1v) is 12.9. The summed E-state index contributed by atoms with van der Waals surface area (Å²) >= 11 is 0. The maximum atomic E-state index is 13.6. The molecule has 3 aromatic rings. The fourth-order valence-corrected chi connectivity index (χ4v) is 4.68. The van der Waals surface area contributed by atoms with Gasteiger partial charge in [0.25, 0.3) is 0 Å². The van der Waals surface area contributed by atoms with Gasteiger partial charge < -0.3 is 30.3 Å². The number of hydrogen-bond acceptors (Lipinski definition) is 9. The summed E-state index contributed by atoms with van der Waals surface area (Å²) < 4.78 is 46.3. The predicted molar refractivity (Wildman–Crippen MR) is 142 cm³/mol. The maximum Gasteiger partial charge on any atom is 0.434 e. The zero-order valence-electron chi connectivity index (χ0n) is 22.0. The van der Waals surface area contributed by atoms with E-state index in [9.17, 15) is 27.9 Å². The van der Waals surface area contributed by atoms with Crippen molar-refractivity contribution in [3.05, 3.63) is 53.0 Å². The standard InChI is InChI=1S/C26H27F3N8O4/c1-2-30-25(40)32-16-5-3-15(4-6-16)21-33-19-14-37(8-7-17(19)22(35-21)36-9-11-41-12-10-36)24-31-13-18(23(38)39)20(34-24)26(27,28)29/h3-6,13H,2,7-12,14H2,1H3,(H,38,39)(H2,30,32,40). The molecule has 4 heterocycles. The van der Waals surface area contributed by atoms with Gasteiger partial charge in [-0.15, -0.1) is 0 Å². The first-order chi connectivity index (χ1) is 19.6. The highest BCUT2D eigenvalue weighted by Gasteiger charge is 2.39. The van der Waals surface area contributed by atoms with Crippen molar-refractivity contribution >= 4 is 29.5 Å². The fourth-order valence-electron chi connectivity index (χ4n) is 4.68. The van der Waals surface area contributed by atoms with Crippen molar-refractivity contribution < 1.29 is 32.6 Å². The molecule has 1 saturated heterocycles. The molecule has 3 N–H and O–H groups in total. The normalized spacial score (nSPS) is 15.3. The predicted octanol–water partition coefficient (Wildman–Crippen LogP) is 3.19. The monoisotopic (exact) mass is 572 g/mol. The lowest BCUT2D eigenvalue weighted by molar-refractivity contribution is -0.141. The highest BCUT2D eigenvalue weighted by Crippen LogP contribution is 2.34. The Labute approximate surface area is 232 Å². The van der Waals surface area contributed by atoms with Crippen molar-refractivity contribution in [1.29, 1.82) is 0 Å². The zero-order valence-corrected chi connectivity index (χ0v) is 22.0. The van der Waals surface area contributed by atoms with Gasteiger partial charge in [0.2, 0.25) is 5.95 Å². The van der Waals surface area contributed by atoms with E-state index in [4.69, 9.17) is 14.7 Å². The lowest BCUT2D eigenvalue weighted by Crippen LogP contribution is -2.40. The number of fused-ring (bicyclic) bond motifs is 1. The van der Waals surface area contributed by atoms with Crippen LogP contribution in [0.15, 0.2) is 30.5 Å². The number of morpholine rings is 1. The third kappa shape index (κ3) is 6.14. The minimum Gasteiger partial charge on any atom is -0.478 e. The number of aromatic carboxylic acids is 1. The fraction of sp³-hybridized carbons (Fsp3) is 0.385. The van der Waals surface area contributed by atoms with E-state index in [1.54, 1.807) is 29.2 Å². The van der Waals surface area contributed by atoms with E-state index in [0.29, 0.717) is 68.2 Å². The second-order valence-electron chi connectivity index (χ2n) is 9.36. The average Bonchev–Trinajstić information content (AvgIpc) is 2.96. The number of aromatic nitrogens is 4. The molecule has 0 atom stereocenters. The zero-order chi connectivity index (χ0) is 29.1. The summed E-state index contributed by atoms with van der Waals surface area (Å²) in [6.45, 7) is 5.00. The molecule has 0 bridgehead atoms. The molecule has 1 aromatic carbocycles. The number of carbonyl (C=O) groups is 2. The third-order valence-corrected chi connectivity index (χ3v) is 6.65. The summed E-state index contributed by atoms with van der Waals surface area (Å²) in [5, 5.41) is 14.6. The Kier molecular flexibility index (Phi) is 7.88. The Morgan fingerprint density at radius 3 is 2.44 bits per heavy atom. The van der Waals surface area contributed by atoms with E-state index in [1.165, 1.54) is 0 Å². The molecule has 1 fully saturated rings. The van der Waals surface area contributed by atoms with E-state index in [2.05, 4.69) is 25.5 Å². The SMILES string of the molecule is CCNC(=O)Nc1ccc(-c2nc3c(c(N4CCOCC4)n2)CCN(c2ncc(C(=O)O)c(C(F)(F)F)n2)C3)cc1. The summed E-state index contributed by atoms with van der Waals surface area (Å²) in [5.41, 5.74) is 0.232. The largest absolute Gasteiger partial charge is 0.478 e. The molecule has 15 heteroatoms. The van der Waals surface area contributed by atoms with Crippen molar-refractivity contribution in [1.82, 2.24) is 25.3 Å². The minimum absolute atomic E-state index is 0.0999. The number of benzene rings is 1. The van der Waals surface area contributed by atoms with Gasteiger partial charge in [-0.25, -0.2) is 29.5 Å². The van der Waals surface area contributed by atoms with Gasteiger partial charge in [-0.3, -0.25) is 0 Å². The van der Waals surface area contributed by atoms with Crippen LogP contribution in [0.2, 0.25) is 0 Å². The number of anilines is 3. The van der Waals surface area contributed by atoms with Crippen LogP contribution < -0.4 is 20.4 Å². The number of carboxylic acids is 1. The van der Waals surface area contributed by atoms with Gasteiger partial charge in [-0.05, 0) is 37.6 Å². The van der Waals surface area contributed by atoms with Crippen LogP contribution in [0, 0.1) is 0 Å². The molecule has 0 aliphatic carbocycles. The van der Waals surface area contributed by atoms with Crippen molar-refractivity contribution in [3.8, 4) is 11.4 Å². The number of nitrogens with zero attached hydrogens (tertiary/aromatic N) is 6. The average molecular weight is 573 g/mol. The number of hydrogen-bond donors (Lipinski definition) is 3. The minimum atomic E-state index is -4.96. The van der Waals surface area contributed by atoms with Crippen LogP contribution in [0.4, 0.5) is 35.4 Å². The second kappa shape index (κ2) is 11.5. The molecule has 12 nitrogen and oxygen atoms in total. The van der Waals surface area contributed by atoms with E-state index < -0.39 is 23.4 Å². The molecule has 0 radical (unpaired) electrons. The van der Waals surface area contributed by atoms with Gasteiger partial charge in [0.15, 0.2) is 11.5 Å². The first-order valence-electron chi connectivity index (χ1n) is 12.9. The van der Waals surface area contributed by atoms with Gasteiger partial charge >= 0.3 is 18.2 Å². The molecule has 216 valence electrons. The number of carbonyl (C=O) groups excluding carboxylic acids is 1. The van der Waals surface area contributed by atoms with E-state index in [-0.39, 0.29) is 25.1 Å². The molecule has 5 rings (SSSR count). The molecule has 2 aromatic heterocycles. The van der Waals surface area contributed by atoms with Crippen LogP contribution in [0.5, 0.6) is 0 Å². The molecule has 2 aliphatic heterocycles.